The van der Waals surface area contributed by atoms with Gasteiger partial charge in [0.25, 0.3) is 10.0 Å². The molecule has 1 atom stereocenters. The zero-order valence-corrected chi connectivity index (χ0v) is 22.0. The zero-order valence-electron chi connectivity index (χ0n) is 21.2. The third kappa shape index (κ3) is 6.65. The van der Waals surface area contributed by atoms with Gasteiger partial charge in [-0.3, -0.25) is 13.9 Å². The van der Waals surface area contributed by atoms with E-state index in [1.165, 1.54) is 79.7 Å². The second kappa shape index (κ2) is 12.5. The Hall–Kier alpha value is -3.99. The van der Waals surface area contributed by atoms with Gasteiger partial charge in [-0.05, 0) is 72.6 Å². The Morgan fingerprint density at radius 2 is 1.47 bits per heavy atom. The topological polar surface area (TPSA) is 96.0 Å². The molecule has 1 N–H and O–H groups in total. The molecule has 0 bridgehead atoms. The number of carbonyl (C=O) groups is 2. The number of carbonyl (C=O) groups excluding carboxylic acids is 2. The molecule has 8 nitrogen and oxygen atoms in total. The lowest BCUT2D eigenvalue weighted by Crippen LogP contribution is -2.51. The van der Waals surface area contributed by atoms with E-state index in [-0.39, 0.29) is 23.5 Å². The van der Waals surface area contributed by atoms with Crippen LogP contribution in [0.1, 0.15) is 18.9 Å². The Balaban J connectivity index is 2.04. The van der Waals surface area contributed by atoms with Crippen LogP contribution >= 0.6 is 0 Å². The lowest BCUT2D eigenvalue weighted by atomic mass is 10.1. The van der Waals surface area contributed by atoms with Crippen molar-refractivity contribution in [1.82, 2.24) is 10.2 Å². The minimum Gasteiger partial charge on any atom is -0.497 e. The lowest BCUT2D eigenvalue weighted by molar-refractivity contribution is -0.140. The number of rotatable bonds is 11. The van der Waals surface area contributed by atoms with Gasteiger partial charge in [-0.15, -0.1) is 0 Å². The highest BCUT2D eigenvalue weighted by Crippen LogP contribution is 2.26. The summed E-state index contributed by atoms with van der Waals surface area (Å²) in [7, 11) is -1.42. The summed E-state index contributed by atoms with van der Waals surface area (Å²) in [4.78, 5) is 27.5. The van der Waals surface area contributed by atoms with Crippen LogP contribution in [0, 0.1) is 11.6 Å². The van der Waals surface area contributed by atoms with Gasteiger partial charge in [0, 0.05) is 13.6 Å². The molecule has 3 rings (SSSR count). The van der Waals surface area contributed by atoms with Crippen molar-refractivity contribution in [1.29, 1.82) is 0 Å². The highest BCUT2D eigenvalue weighted by molar-refractivity contribution is 7.92. The van der Waals surface area contributed by atoms with Gasteiger partial charge in [-0.25, -0.2) is 17.2 Å². The number of benzene rings is 3. The Morgan fingerprint density at radius 3 is 1.97 bits per heavy atom. The van der Waals surface area contributed by atoms with Gasteiger partial charge in [0.15, 0.2) is 0 Å². The Labute approximate surface area is 220 Å². The number of likely N-dealkylation sites (N-methyl/N-ethyl adjacent to an activating group) is 1. The highest BCUT2D eigenvalue weighted by atomic mass is 32.2. The fourth-order valence-electron chi connectivity index (χ4n) is 3.88. The fraction of sp³-hybridized carbons (Fsp3) is 0.259. The van der Waals surface area contributed by atoms with Crippen molar-refractivity contribution in [2.75, 3.05) is 25.0 Å². The summed E-state index contributed by atoms with van der Waals surface area (Å²) in [6.45, 7) is 0.982. The molecule has 0 aromatic heterocycles. The van der Waals surface area contributed by atoms with E-state index >= 15 is 0 Å². The molecule has 0 heterocycles. The SMILES string of the molecule is CC[C@H](C(=O)NC)N(Cc1ccc(F)cc1)C(=O)CN(c1ccc(F)cc1)S(=O)(=O)c1ccc(OC)cc1. The van der Waals surface area contributed by atoms with Gasteiger partial charge in [0.05, 0.1) is 17.7 Å². The summed E-state index contributed by atoms with van der Waals surface area (Å²) < 4.78 is 60.5. The van der Waals surface area contributed by atoms with E-state index < -0.39 is 46.1 Å². The minimum atomic E-state index is -4.30. The number of anilines is 1. The number of nitrogens with one attached hydrogen (secondary N) is 1. The fourth-order valence-corrected chi connectivity index (χ4v) is 5.30. The second-order valence-corrected chi connectivity index (χ2v) is 10.2. The Bertz CT molecular complexity index is 1350. The van der Waals surface area contributed by atoms with Crippen molar-refractivity contribution in [3.63, 3.8) is 0 Å². The summed E-state index contributed by atoms with van der Waals surface area (Å²) in [5.41, 5.74) is 0.610. The van der Waals surface area contributed by atoms with E-state index in [0.29, 0.717) is 11.3 Å². The number of amides is 2. The molecule has 11 heteroatoms. The van der Waals surface area contributed by atoms with Crippen LogP contribution in [0.5, 0.6) is 5.75 Å². The van der Waals surface area contributed by atoms with Crippen LogP contribution < -0.4 is 14.4 Å². The minimum absolute atomic E-state index is 0.0605. The van der Waals surface area contributed by atoms with Gasteiger partial charge in [-0.2, -0.15) is 0 Å². The molecule has 0 unspecified atom stereocenters. The first-order chi connectivity index (χ1) is 18.1. The molecule has 0 fully saturated rings. The standard InChI is InChI=1S/C27H29F2N3O5S/c1-4-25(27(34)30-2)31(17-19-5-7-20(28)8-6-19)26(33)18-32(22-11-9-21(29)10-12-22)38(35,36)24-15-13-23(37-3)14-16-24/h5-16,25H,4,17-18H2,1-3H3,(H,30,34)/t25-/m1/s1. The largest absolute Gasteiger partial charge is 0.497 e. The molecular formula is C27H29F2N3O5S. The van der Waals surface area contributed by atoms with E-state index in [2.05, 4.69) is 5.32 Å². The molecule has 0 radical (unpaired) electrons. The molecule has 3 aromatic rings. The van der Waals surface area contributed by atoms with Crippen molar-refractivity contribution < 1.29 is 31.5 Å². The molecule has 3 aromatic carbocycles. The van der Waals surface area contributed by atoms with Gasteiger partial charge in [-0.1, -0.05) is 19.1 Å². The average Bonchev–Trinajstić information content (AvgIpc) is 2.92. The van der Waals surface area contributed by atoms with Crippen molar-refractivity contribution >= 4 is 27.5 Å². The number of halogens is 2. The first-order valence-electron chi connectivity index (χ1n) is 11.8. The third-order valence-corrected chi connectivity index (χ3v) is 7.73. The maximum absolute atomic E-state index is 13.7. The summed E-state index contributed by atoms with van der Waals surface area (Å²) in [5.74, 6) is -1.71. The summed E-state index contributed by atoms with van der Waals surface area (Å²) in [5, 5.41) is 2.53. The molecule has 0 aliphatic heterocycles. The second-order valence-electron chi connectivity index (χ2n) is 8.35. The van der Waals surface area contributed by atoms with Gasteiger partial charge < -0.3 is 15.0 Å². The zero-order chi connectivity index (χ0) is 27.9. The van der Waals surface area contributed by atoms with Crippen LogP contribution in [0.2, 0.25) is 0 Å². The molecule has 2 amide bonds. The lowest BCUT2D eigenvalue weighted by Gasteiger charge is -2.33. The quantitative estimate of drug-likeness (QED) is 0.396. The van der Waals surface area contributed by atoms with Crippen LogP contribution in [0.4, 0.5) is 14.5 Å². The Kier molecular flexibility index (Phi) is 9.40. The number of nitrogens with zero attached hydrogens (tertiary/aromatic N) is 2. The molecular weight excluding hydrogens is 516 g/mol. The average molecular weight is 546 g/mol. The van der Waals surface area contributed by atoms with Gasteiger partial charge in [0.2, 0.25) is 11.8 Å². The predicted octanol–water partition coefficient (Wildman–Crippen LogP) is 3.72. The normalized spacial score (nSPS) is 11.9. The van der Waals surface area contributed by atoms with Crippen molar-refractivity contribution in [2.45, 2.75) is 30.8 Å². The number of hydrogen-bond acceptors (Lipinski definition) is 5. The van der Waals surface area contributed by atoms with E-state index in [0.717, 1.165) is 16.4 Å². The van der Waals surface area contributed by atoms with E-state index in [1.54, 1.807) is 6.92 Å². The summed E-state index contributed by atoms with van der Waals surface area (Å²) >= 11 is 0. The molecule has 38 heavy (non-hydrogen) atoms. The Morgan fingerprint density at radius 1 is 0.921 bits per heavy atom. The predicted molar refractivity (Wildman–Crippen MR) is 139 cm³/mol. The van der Waals surface area contributed by atoms with Crippen LogP contribution in [0.25, 0.3) is 0 Å². The van der Waals surface area contributed by atoms with E-state index in [1.807, 2.05) is 0 Å². The van der Waals surface area contributed by atoms with E-state index in [4.69, 9.17) is 4.74 Å². The number of ether oxygens (including phenoxy) is 1. The van der Waals surface area contributed by atoms with Crippen molar-refractivity contribution in [3.05, 3.63) is 90.0 Å². The number of methoxy groups -OCH3 is 1. The maximum Gasteiger partial charge on any atom is 0.264 e. The maximum atomic E-state index is 13.7. The van der Waals surface area contributed by atoms with Crippen molar-refractivity contribution in [3.8, 4) is 5.75 Å². The van der Waals surface area contributed by atoms with Crippen LogP contribution in [0.15, 0.2) is 77.7 Å². The summed E-state index contributed by atoms with van der Waals surface area (Å²) in [6.07, 6.45) is 0.244. The van der Waals surface area contributed by atoms with Gasteiger partial charge in [0.1, 0.15) is 30.0 Å². The van der Waals surface area contributed by atoms with Crippen molar-refractivity contribution in [2.24, 2.45) is 0 Å². The molecule has 0 spiro atoms. The van der Waals surface area contributed by atoms with E-state index in [9.17, 15) is 26.8 Å². The first-order valence-corrected chi connectivity index (χ1v) is 13.2. The highest BCUT2D eigenvalue weighted by Gasteiger charge is 2.33. The van der Waals surface area contributed by atoms with Gasteiger partial charge >= 0.3 is 0 Å². The third-order valence-electron chi connectivity index (χ3n) is 5.94. The van der Waals surface area contributed by atoms with Crippen LogP contribution in [-0.4, -0.2) is 51.9 Å². The smallest absolute Gasteiger partial charge is 0.264 e. The number of sulfonamides is 1. The molecule has 0 saturated carbocycles. The molecule has 0 aliphatic rings. The molecule has 202 valence electrons. The summed E-state index contributed by atoms with van der Waals surface area (Å²) in [6, 6.07) is 14.8. The molecule has 0 saturated heterocycles. The first kappa shape index (κ1) is 28.6. The molecule has 0 aliphatic carbocycles. The number of hydrogen-bond donors (Lipinski definition) is 1. The monoisotopic (exact) mass is 545 g/mol. The van der Waals surface area contributed by atoms with Crippen LogP contribution in [-0.2, 0) is 26.2 Å². The van der Waals surface area contributed by atoms with Crippen LogP contribution in [0.3, 0.4) is 0 Å².